The maximum absolute atomic E-state index is 12.0. The van der Waals surface area contributed by atoms with Crippen LogP contribution in [0, 0.1) is 20.8 Å². The molecule has 2 rings (SSSR count). The summed E-state index contributed by atoms with van der Waals surface area (Å²) < 4.78 is 1.94. The minimum absolute atomic E-state index is 0.151. The topological polar surface area (TPSA) is 59.0 Å². The zero-order chi connectivity index (χ0) is 17.0. The highest BCUT2D eigenvalue weighted by atomic mass is 16.2. The zero-order valence-electron chi connectivity index (χ0n) is 14.6. The van der Waals surface area contributed by atoms with Gasteiger partial charge in [0, 0.05) is 6.04 Å². The molecule has 0 fully saturated rings. The van der Waals surface area contributed by atoms with Gasteiger partial charge in [0.25, 0.3) is 0 Å². The fraction of sp³-hybridized carbons (Fsp3) is 0.444. The molecule has 0 radical (unpaired) electrons. The molecule has 2 amide bonds. The van der Waals surface area contributed by atoms with E-state index in [0.29, 0.717) is 6.54 Å². The largest absolute Gasteiger partial charge is 0.335 e. The predicted octanol–water partition coefficient (Wildman–Crippen LogP) is 3.78. The first-order valence-electron chi connectivity index (χ1n) is 8.08. The number of aryl methyl sites for hydroxylation is 2. The molecule has 1 aromatic heterocycles. The van der Waals surface area contributed by atoms with E-state index in [1.54, 1.807) is 0 Å². The molecule has 5 heteroatoms. The molecule has 0 aliphatic carbocycles. The number of carbonyl (C=O) groups excluding carboxylic acids is 1. The number of anilines is 1. The molecule has 0 aliphatic rings. The number of hydrogen-bond acceptors (Lipinski definition) is 2. The van der Waals surface area contributed by atoms with Gasteiger partial charge >= 0.3 is 6.03 Å². The summed E-state index contributed by atoms with van der Waals surface area (Å²) in [6.07, 6.45) is 0.901. The fourth-order valence-electron chi connectivity index (χ4n) is 2.46. The third-order valence-electron chi connectivity index (χ3n) is 4.19. The number of benzene rings is 1. The van der Waals surface area contributed by atoms with Crippen LogP contribution in [0.5, 0.6) is 0 Å². The molecule has 0 spiro atoms. The van der Waals surface area contributed by atoms with Gasteiger partial charge in [-0.25, -0.2) is 4.79 Å². The Morgan fingerprint density at radius 3 is 2.61 bits per heavy atom. The summed E-state index contributed by atoms with van der Waals surface area (Å²) in [5.74, 6) is 0. The molecule has 5 nitrogen and oxygen atoms in total. The Bertz CT molecular complexity index is 690. The second-order valence-electron chi connectivity index (χ2n) is 6.04. The minimum atomic E-state index is -0.180. The Balaban J connectivity index is 2.16. The lowest BCUT2D eigenvalue weighted by atomic mass is 10.1. The summed E-state index contributed by atoms with van der Waals surface area (Å²) in [6, 6.07) is 8.24. The lowest BCUT2D eigenvalue weighted by Crippen LogP contribution is -2.35. The van der Waals surface area contributed by atoms with Crippen molar-refractivity contribution in [3.63, 3.8) is 0 Å². The molecule has 0 aliphatic heterocycles. The minimum Gasteiger partial charge on any atom is -0.335 e. The number of nitrogens with zero attached hydrogens (tertiary/aromatic N) is 2. The highest BCUT2D eigenvalue weighted by Gasteiger charge is 2.15. The average Bonchev–Trinajstić information content (AvgIpc) is 2.77. The smallest absolute Gasteiger partial charge is 0.319 e. The first-order valence-corrected chi connectivity index (χ1v) is 8.08. The van der Waals surface area contributed by atoms with Crippen molar-refractivity contribution >= 4 is 11.7 Å². The second kappa shape index (κ2) is 7.31. The Kier molecular flexibility index (Phi) is 5.42. The van der Waals surface area contributed by atoms with Crippen molar-refractivity contribution in [2.45, 2.75) is 53.6 Å². The van der Waals surface area contributed by atoms with Gasteiger partial charge < -0.3 is 10.6 Å². The molecule has 0 saturated heterocycles. The van der Waals surface area contributed by atoms with Crippen LogP contribution < -0.4 is 10.6 Å². The first-order chi connectivity index (χ1) is 10.9. The zero-order valence-corrected chi connectivity index (χ0v) is 14.6. The van der Waals surface area contributed by atoms with Gasteiger partial charge in [-0.2, -0.15) is 5.10 Å². The van der Waals surface area contributed by atoms with Gasteiger partial charge in [-0.05, 0) is 45.2 Å². The van der Waals surface area contributed by atoms with Crippen LogP contribution >= 0.6 is 0 Å². The van der Waals surface area contributed by atoms with E-state index in [4.69, 9.17) is 0 Å². The number of rotatable bonds is 5. The maximum Gasteiger partial charge on any atom is 0.319 e. The third-order valence-corrected chi connectivity index (χ3v) is 4.19. The van der Waals surface area contributed by atoms with Crippen molar-refractivity contribution in [3.8, 4) is 0 Å². The average molecular weight is 314 g/mol. The van der Waals surface area contributed by atoms with Crippen LogP contribution in [0.25, 0.3) is 0 Å². The second-order valence-corrected chi connectivity index (χ2v) is 6.04. The van der Waals surface area contributed by atoms with E-state index in [9.17, 15) is 4.79 Å². The van der Waals surface area contributed by atoms with Crippen LogP contribution in [0.1, 0.15) is 42.8 Å². The Hall–Kier alpha value is -2.30. The molecule has 124 valence electrons. The fourth-order valence-corrected chi connectivity index (χ4v) is 2.46. The summed E-state index contributed by atoms with van der Waals surface area (Å²) in [4.78, 5) is 12.0. The number of amides is 2. The van der Waals surface area contributed by atoms with Crippen molar-refractivity contribution in [2.24, 2.45) is 0 Å². The van der Waals surface area contributed by atoms with E-state index in [1.165, 1.54) is 11.1 Å². The van der Waals surface area contributed by atoms with Gasteiger partial charge in [0.05, 0.1) is 23.6 Å². The normalized spacial score (nSPS) is 12.0. The summed E-state index contributed by atoms with van der Waals surface area (Å²) in [7, 11) is 0. The number of nitrogens with one attached hydrogen (secondary N) is 2. The SMILES string of the molecule is CC[C@@H](C)NC(=O)Nc1c(C)nn(Cc2ccccc2C)c1C. The molecule has 1 heterocycles. The number of urea groups is 1. The van der Waals surface area contributed by atoms with Gasteiger partial charge in [-0.3, -0.25) is 4.68 Å². The maximum atomic E-state index is 12.0. The molecular formula is C18H26N4O. The van der Waals surface area contributed by atoms with E-state index in [2.05, 4.69) is 34.8 Å². The van der Waals surface area contributed by atoms with Crippen LogP contribution in [0.15, 0.2) is 24.3 Å². The third kappa shape index (κ3) is 4.12. The van der Waals surface area contributed by atoms with E-state index in [-0.39, 0.29) is 12.1 Å². The van der Waals surface area contributed by atoms with Crippen LogP contribution in [-0.4, -0.2) is 21.9 Å². The van der Waals surface area contributed by atoms with Gasteiger partial charge in [0.2, 0.25) is 0 Å². The highest BCUT2D eigenvalue weighted by molar-refractivity contribution is 5.90. The van der Waals surface area contributed by atoms with Gasteiger partial charge in [0.1, 0.15) is 0 Å². The van der Waals surface area contributed by atoms with E-state index >= 15 is 0 Å². The Morgan fingerprint density at radius 2 is 1.96 bits per heavy atom. The molecule has 0 bridgehead atoms. The van der Waals surface area contributed by atoms with Gasteiger partial charge in [-0.1, -0.05) is 31.2 Å². The number of hydrogen-bond donors (Lipinski definition) is 2. The van der Waals surface area contributed by atoms with Crippen molar-refractivity contribution in [1.29, 1.82) is 0 Å². The van der Waals surface area contributed by atoms with Crippen molar-refractivity contribution < 1.29 is 4.79 Å². The van der Waals surface area contributed by atoms with E-state index < -0.39 is 0 Å². The Morgan fingerprint density at radius 1 is 1.26 bits per heavy atom. The van der Waals surface area contributed by atoms with E-state index in [0.717, 1.165) is 23.5 Å². The van der Waals surface area contributed by atoms with Crippen LogP contribution in [-0.2, 0) is 6.54 Å². The quantitative estimate of drug-likeness (QED) is 0.882. The molecule has 1 atom stereocenters. The number of carbonyl (C=O) groups is 1. The lowest BCUT2D eigenvalue weighted by molar-refractivity contribution is 0.249. The van der Waals surface area contributed by atoms with E-state index in [1.807, 2.05) is 44.5 Å². The van der Waals surface area contributed by atoms with Crippen molar-refractivity contribution in [3.05, 3.63) is 46.8 Å². The monoisotopic (exact) mass is 314 g/mol. The summed E-state index contributed by atoms with van der Waals surface area (Å²) in [5.41, 5.74) is 5.05. The number of aromatic nitrogens is 2. The molecule has 0 unspecified atom stereocenters. The van der Waals surface area contributed by atoms with Crippen LogP contribution in [0.3, 0.4) is 0 Å². The van der Waals surface area contributed by atoms with Gasteiger partial charge in [-0.15, -0.1) is 0 Å². The standard InChI is InChI=1S/C18H26N4O/c1-6-13(3)19-18(23)20-17-14(4)21-22(15(17)5)11-16-10-8-7-9-12(16)2/h7-10,13H,6,11H2,1-5H3,(H2,19,20,23)/t13-/m1/s1. The summed E-state index contributed by atoms with van der Waals surface area (Å²) >= 11 is 0. The molecule has 1 aromatic carbocycles. The van der Waals surface area contributed by atoms with Gasteiger partial charge in [0.15, 0.2) is 0 Å². The molecule has 2 N–H and O–H groups in total. The molecule has 2 aromatic rings. The summed E-state index contributed by atoms with van der Waals surface area (Å²) in [6.45, 7) is 10.7. The van der Waals surface area contributed by atoms with Crippen LogP contribution in [0.2, 0.25) is 0 Å². The first kappa shape index (κ1) is 17.1. The van der Waals surface area contributed by atoms with Crippen LogP contribution in [0.4, 0.5) is 10.5 Å². The Labute approximate surface area is 138 Å². The lowest BCUT2D eigenvalue weighted by Gasteiger charge is -2.13. The van der Waals surface area contributed by atoms with Crippen molar-refractivity contribution in [2.75, 3.05) is 5.32 Å². The highest BCUT2D eigenvalue weighted by Crippen LogP contribution is 2.21. The molecule has 23 heavy (non-hydrogen) atoms. The van der Waals surface area contributed by atoms with Crippen molar-refractivity contribution in [1.82, 2.24) is 15.1 Å². The molecule has 0 saturated carbocycles. The summed E-state index contributed by atoms with van der Waals surface area (Å²) in [5, 5.41) is 10.4. The molecular weight excluding hydrogens is 288 g/mol. The predicted molar refractivity (Wildman–Crippen MR) is 93.9 cm³/mol.